The highest BCUT2D eigenvalue weighted by molar-refractivity contribution is 4.80. The van der Waals surface area contributed by atoms with Crippen molar-refractivity contribution in [3.05, 3.63) is 0 Å². The summed E-state index contributed by atoms with van der Waals surface area (Å²) in [6.45, 7) is 14.9. The molecule has 0 fully saturated rings. The van der Waals surface area contributed by atoms with Gasteiger partial charge in [-0.3, -0.25) is 4.90 Å². The molecule has 0 aromatic heterocycles. The van der Waals surface area contributed by atoms with E-state index in [9.17, 15) is 0 Å². The molecule has 0 heterocycles. The van der Waals surface area contributed by atoms with Gasteiger partial charge in [0.05, 0.1) is 6.61 Å². The highest BCUT2D eigenvalue weighted by Crippen LogP contribution is 2.18. The largest absolute Gasteiger partial charge is 0.383 e. The van der Waals surface area contributed by atoms with Crippen molar-refractivity contribution in [1.29, 1.82) is 0 Å². The van der Waals surface area contributed by atoms with Crippen molar-refractivity contribution in [2.75, 3.05) is 33.4 Å². The molecule has 1 unspecified atom stereocenters. The van der Waals surface area contributed by atoms with Crippen LogP contribution in [-0.2, 0) is 4.74 Å². The molecule has 0 bridgehead atoms. The van der Waals surface area contributed by atoms with Crippen molar-refractivity contribution in [3.63, 3.8) is 0 Å². The van der Waals surface area contributed by atoms with Crippen LogP contribution in [0.25, 0.3) is 0 Å². The summed E-state index contributed by atoms with van der Waals surface area (Å²) in [5.41, 5.74) is 6.39. The first-order chi connectivity index (χ1) is 7.27. The van der Waals surface area contributed by atoms with Crippen LogP contribution < -0.4 is 5.73 Å². The Morgan fingerprint density at radius 3 is 2.12 bits per heavy atom. The average Bonchev–Trinajstić information content (AvgIpc) is 2.11. The van der Waals surface area contributed by atoms with Crippen LogP contribution in [-0.4, -0.2) is 44.3 Å². The Morgan fingerprint density at radius 1 is 1.19 bits per heavy atom. The molecule has 3 nitrogen and oxygen atoms in total. The summed E-state index contributed by atoms with van der Waals surface area (Å²) in [6, 6.07) is 0.211. The summed E-state index contributed by atoms with van der Waals surface area (Å²) in [5.74, 6) is 0.670. The van der Waals surface area contributed by atoms with Gasteiger partial charge in [0.2, 0.25) is 0 Å². The maximum absolute atomic E-state index is 6.22. The Morgan fingerprint density at radius 2 is 1.75 bits per heavy atom. The minimum Gasteiger partial charge on any atom is -0.383 e. The van der Waals surface area contributed by atoms with Crippen LogP contribution in [0.2, 0.25) is 0 Å². The van der Waals surface area contributed by atoms with Crippen molar-refractivity contribution in [3.8, 4) is 0 Å². The molecule has 0 radical (unpaired) electrons. The first kappa shape index (κ1) is 15.9. The maximum atomic E-state index is 6.22. The van der Waals surface area contributed by atoms with E-state index in [1.165, 1.54) is 0 Å². The molecule has 1 atom stereocenters. The first-order valence-electron chi connectivity index (χ1n) is 6.24. The third-order valence-corrected chi connectivity index (χ3v) is 2.80. The number of nitrogens with zero attached hydrogens (tertiary/aromatic N) is 1. The van der Waals surface area contributed by atoms with Crippen molar-refractivity contribution in [1.82, 2.24) is 4.90 Å². The number of rotatable bonds is 7. The van der Waals surface area contributed by atoms with Gasteiger partial charge < -0.3 is 10.5 Å². The Labute approximate surface area is 101 Å². The Bertz CT molecular complexity index is 175. The summed E-state index contributed by atoms with van der Waals surface area (Å²) in [6.07, 6.45) is 0. The monoisotopic (exact) mass is 230 g/mol. The van der Waals surface area contributed by atoms with Crippen LogP contribution in [0, 0.1) is 11.3 Å². The van der Waals surface area contributed by atoms with E-state index < -0.39 is 0 Å². The van der Waals surface area contributed by atoms with Crippen LogP contribution in [0.3, 0.4) is 0 Å². The molecule has 0 saturated carbocycles. The summed E-state index contributed by atoms with van der Waals surface area (Å²) in [7, 11) is 1.75. The Hall–Kier alpha value is -0.120. The number of nitrogens with two attached hydrogens (primary N) is 1. The number of ether oxygens (including phenoxy) is 1. The fraction of sp³-hybridized carbons (Fsp3) is 1.00. The summed E-state index contributed by atoms with van der Waals surface area (Å²) in [5, 5.41) is 0. The zero-order valence-corrected chi connectivity index (χ0v) is 11.9. The van der Waals surface area contributed by atoms with Gasteiger partial charge in [0.25, 0.3) is 0 Å². The van der Waals surface area contributed by atoms with E-state index in [0.29, 0.717) is 5.92 Å². The second kappa shape index (κ2) is 7.25. The van der Waals surface area contributed by atoms with E-state index in [1.54, 1.807) is 7.11 Å². The summed E-state index contributed by atoms with van der Waals surface area (Å²) < 4.78 is 5.14. The molecule has 0 aliphatic carbocycles. The molecule has 0 aromatic carbocycles. The molecule has 98 valence electrons. The van der Waals surface area contributed by atoms with E-state index in [-0.39, 0.29) is 11.5 Å². The first-order valence-corrected chi connectivity index (χ1v) is 6.24. The minimum absolute atomic E-state index is 0.169. The molecule has 0 amide bonds. The molecule has 0 aromatic rings. The van der Waals surface area contributed by atoms with Gasteiger partial charge in [0.15, 0.2) is 0 Å². The van der Waals surface area contributed by atoms with Gasteiger partial charge in [-0.05, 0) is 11.3 Å². The van der Waals surface area contributed by atoms with Gasteiger partial charge in [0.1, 0.15) is 0 Å². The molecule has 0 aliphatic heterocycles. The van der Waals surface area contributed by atoms with Crippen LogP contribution in [0.5, 0.6) is 0 Å². The highest BCUT2D eigenvalue weighted by Gasteiger charge is 2.23. The van der Waals surface area contributed by atoms with E-state index in [0.717, 1.165) is 26.2 Å². The van der Waals surface area contributed by atoms with Gasteiger partial charge in [-0.25, -0.2) is 0 Å². The van der Waals surface area contributed by atoms with Crippen molar-refractivity contribution in [2.45, 2.75) is 40.7 Å². The molecule has 0 aliphatic rings. The smallest absolute Gasteiger partial charge is 0.0589 e. The Kier molecular flexibility index (Phi) is 7.20. The zero-order chi connectivity index (χ0) is 12.8. The van der Waals surface area contributed by atoms with Crippen LogP contribution >= 0.6 is 0 Å². The molecular formula is C13H30N2O. The van der Waals surface area contributed by atoms with Crippen LogP contribution in [0.4, 0.5) is 0 Å². The predicted molar refractivity (Wildman–Crippen MR) is 70.6 cm³/mol. The standard InChI is InChI=1S/C13H30N2O/c1-11(2)9-15(7-8-16-6)10-12(14)13(3,4)5/h11-12H,7-10,14H2,1-6H3. The molecule has 2 N–H and O–H groups in total. The van der Waals surface area contributed by atoms with Crippen molar-refractivity contribution >= 4 is 0 Å². The zero-order valence-electron chi connectivity index (χ0n) is 11.9. The normalized spacial score (nSPS) is 14.8. The van der Waals surface area contributed by atoms with Crippen LogP contribution in [0.1, 0.15) is 34.6 Å². The van der Waals surface area contributed by atoms with E-state index in [4.69, 9.17) is 10.5 Å². The van der Waals surface area contributed by atoms with Gasteiger partial charge in [-0.15, -0.1) is 0 Å². The number of methoxy groups -OCH3 is 1. The highest BCUT2D eigenvalue weighted by atomic mass is 16.5. The number of hydrogen-bond acceptors (Lipinski definition) is 3. The maximum Gasteiger partial charge on any atom is 0.0589 e. The fourth-order valence-corrected chi connectivity index (χ4v) is 1.55. The number of hydrogen-bond donors (Lipinski definition) is 1. The molecule has 3 heteroatoms. The molecule has 16 heavy (non-hydrogen) atoms. The van der Waals surface area contributed by atoms with Gasteiger partial charge in [0, 0.05) is 32.8 Å². The van der Waals surface area contributed by atoms with E-state index in [2.05, 4.69) is 39.5 Å². The Balaban J connectivity index is 4.18. The second-order valence-corrected chi connectivity index (χ2v) is 6.12. The quantitative estimate of drug-likeness (QED) is 0.726. The van der Waals surface area contributed by atoms with Crippen molar-refractivity contribution < 1.29 is 4.74 Å². The second-order valence-electron chi connectivity index (χ2n) is 6.12. The lowest BCUT2D eigenvalue weighted by Gasteiger charge is -2.33. The van der Waals surface area contributed by atoms with E-state index >= 15 is 0 Å². The fourth-order valence-electron chi connectivity index (χ4n) is 1.55. The van der Waals surface area contributed by atoms with Crippen LogP contribution in [0.15, 0.2) is 0 Å². The molecule has 0 spiro atoms. The third kappa shape index (κ3) is 7.20. The minimum atomic E-state index is 0.169. The summed E-state index contributed by atoms with van der Waals surface area (Å²) in [4.78, 5) is 2.41. The molecule has 0 saturated heterocycles. The van der Waals surface area contributed by atoms with Gasteiger partial charge in [-0.1, -0.05) is 34.6 Å². The SMILES string of the molecule is COCCN(CC(C)C)CC(N)C(C)(C)C. The summed E-state index contributed by atoms with van der Waals surface area (Å²) >= 11 is 0. The third-order valence-electron chi connectivity index (χ3n) is 2.80. The lowest BCUT2D eigenvalue weighted by molar-refractivity contribution is 0.122. The van der Waals surface area contributed by atoms with E-state index in [1.807, 2.05) is 0 Å². The lowest BCUT2D eigenvalue weighted by Crippen LogP contribution is -2.47. The molecular weight excluding hydrogens is 200 g/mol. The predicted octanol–water partition coefficient (Wildman–Crippen LogP) is 1.96. The van der Waals surface area contributed by atoms with Gasteiger partial charge in [-0.2, -0.15) is 0 Å². The molecule has 0 rings (SSSR count). The van der Waals surface area contributed by atoms with Crippen molar-refractivity contribution in [2.24, 2.45) is 17.1 Å². The van der Waals surface area contributed by atoms with Gasteiger partial charge >= 0.3 is 0 Å². The lowest BCUT2D eigenvalue weighted by atomic mass is 9.87. The average molecular weight is 230 g/mol. The topological polar surface area (TPSA) is 38.5 Å².